The third kappa shape index (κ3) is 15.1. The zero-order chi connectivity index (χ0) is 20.1. The first-order valence-electron chi connectivity index (χ1n) is 13.5. The largest absolute Gasteiger partial charge is 0.420 e. The molecule has 0 saturated carbocycles. The van der Waals surface area contributed by atoms with Gasteiger partial charge in [-0.15, -0.1) is 0 Å². The molecule has 1 saturated heterocycles. The number of hydrogen-bond donors (Lipinski definition) is 0. The molecule has 0 N–H and O–H groups in total. The molecule has 0 aromatic heterocycles. The van der Waals surface area contributed by atoms with Crippen molar-refractivity contribution in [2.24, 2.45) is 0 Å². The third-order valence-corrected chi connectivity index (χ3v) is 10.2. The number of hydrogen-bond acceptors (Lipinski definition) is 1. The highest BCUT2D eigenvalue weighted by atomic mass is 28.3. The van der Waals surface area contributed by atoms with Gasteiger partial charge in [-0.25, -0.2) is 0 Å². The van der Waals surface area contributed by atoms with Crippen molar-refractivity contribution in [1.29, 1.82) is 0 Å². The van der Waals surface area contributed by atoms with E-state index in [4.69, 9.17) is 4.43 Å². The predicted molar refractivity (Wildman–Crippen MR) is 130 cm³/mol. The van der Waals surface area contributed by atoms with Gasteiger partial charge >= 0.3 is 0 Å². The highest BCUT2D eigenvalue weighted by molar-refractivity contribution is 6.53. The molecule has 1 fully saturated rings. The van der Waals surface area contributed by atoms with Crippen LogP contribution in [-0.2, 0) is 4.43 Å². The van der Waals surface area contributed by atoms with E-state index >= 15 is 0 Å². The molecule has 2 unspecified atom stereocenters. The summed E-state index contributed by atoms with van der Waals surface area (Å²) in [6.07, 6.45) is 30.5. The van der Waals surface area contributed by atoms with E-state index < -0.39 is 9.04 Å². The van der Waals surface area contributed by atoms with Crippen LogP contribution in [0.2, 0.25) is 11.6 Å². The molecule has 1 rings (SSSR count). The summed E-state index contributed by atoms with van der Waals surface area (Å²) >= 11 is 0. The molecule has 1 heterocycles. The van der Waals surface area contributed by atoms with Crippen LogP contribution >= 0.6 is 0 Å². The van der Waals surface area contributed by atoms with E-state index in [1.165, 1.54) is 141 Å². The van der Waals surface area contributed by atoms with Crippen LogP contribution in [-0.4, -0.2) is 15.6 Å². The lowest BCUT2D eigenvalue weighted by Crippen LogP contribution is -2.29. The molecule has 2 atom stereocenters. The molecule has 0 aromatic carbocycles. The van der Waals surface area contributed by atoms with Gasteiger partial charge in [-0.05, 0) is 18.0 Å². The molecule has 1 aliphatic heterocycles. The Hall–Kier alpha value is 0.177. The number of rotatable bonds is 20. The zero-order valence-electron chi connectivity index (χ0n) is 19.8. The van der Waals surface area contributed by atoms with Gasteiger partial charge in [0.05, 0.1) is 0 Å². The van der Waals surface area contributed by atoms with Crippen LogP contribution in [0.15, 0.2) is 0 Å². The van der Waals surface area contributed by atoms with Crippen molar-refractivity contribution >= 4 is 9.04 Å². The van der Waals surface area contributed by atoms with E-state index in [1.807, 2.05) is 0 Å². The standard InChI is InChI=1S/C26H54OSi/c1-3-5-7-9-10-11-12-13-14-15-17-19-23-26(22-18-16-8-6-4-2)28-25-21-20-24-27-28/h26,28H,3-25H2,1-2H3. The molecule has 0 aliphatic carbocycles. The summed E-state index contributed by atoms with van der Waals surface area (Å²) in [5.74, 6) is 0. The Labute approximate surface area is 180 Å². The van der Waals surface area contributed by atoms with Crippen LogP contribution in [0.25, 0.3) is 0 Å². The SMILES string of the molecule is CCCCCCCCCCCCCCC(CCCCCCC)[SiH]1CCCCO1. The van der Waals surface area contributed by atoms with Gasteiger partial charge in [-0.1, -0.05) is 142 Å². The second-order valence-corrected chi connectivity index (χ2v) is 12.5. The van der Waals surface area contributed by atoms with Crippen LogP contribution in [0.3, 0.4) is 0 Å². The highest BCUT2D eigenvalue weighted by Gasteiger charge is 2.25. The van der Waals surface area contributed by atoms with Crippen molar-refractivity contribution in [1.82, 2.24) is 0 Å². The van der Waals surface area contributed by atoms with Crippen molar-refractivity contribution in [2.45, 2.75) is 160 Å². The lowest BCUT2D eigenvalue weighted by Gasteiger charge is -2.29. The molecule has 1 aliphatic rings. The Kier molecular flexibility index (Phi) is 19.1. The summed E-state index contributed by atoms with van der Waals surface area (Å²) in [5, 5.41) is 0. The van der Waals surface area contributed by atoms with Gasteiger partial charge in [-0.3, -0.25) is 0 Å². The van der Waals surface area contributed by atoms with Crippen LogP contribution in [0, 0.1) is 0 Å². The molecule has 28 heavy (non-hydrogen) atoms. The Morgan fingerprint density at radius 1 is 0.571 bits per heavy atom. The summed E-state index contributed by atoms with van der Waals surface area (Å²) in [6, 6.07) is 1.47. The Balaban J connectivity index is 2.02. The summed E-state index contributed by atoms with van der Waals surface area (Å²) in [5.41, 5.74) is 0.991. The second-order valence-electron chi connectivity index (χ2n) is 9.55. The molecule has 0 radical (unpaired) electrons. The smallest absolute Gasteiger partial charge is 0.179 e. The molecular formula is C26H54OSi. The van der Waals surface area contributed by atoms with Crippen LogP contribution in [0.1, 0.15) is 149 Å². The summed E-state index contributed by atoms with van der Waals surface area (Å²) < 4.78 is 6.31. The van der Waals surface area contributed by atoms with Gasteiger partial charge in [0.25, 0.3) is 0 Å². The van der Waals surface area contributed by atoms with E-state index in [0.717, 1.165) is 12.1 Å². The minimum absolute atomic E-state index is 0.887. The van der Waals surface area contributed by atoms with E-state index in [1.54, 1.807) is 0 Å². The fourth-order valence-corrected chi connectivity index (χ4v) is 8.20. The fourth-order valence-electron chi connectivity index (χ4n) is 4.91. The average Bonchev–Trinajstić information content (AvgIpc) is 2.73. The van der Waals surface area contributed by atoms with Crippen molar-refractivity contribution in [2.75, 3.05) is 6.61 Å². The molecule has 0 amide bonds. The molecular weight excluding hydrogens is 356 g/mol. The maximum absolute atomic E-state index is 6.31. The maximum atomic E-state index is 6.31. The highest BCUT2D eigenvalue weighted by Crippen LogP contribution is 2.32. The second kappa shape index (κ2) is 20.4. The molecule has 0 bridgehead atoms. The third-order valence-electron chi connectivity index (χ3n) is 6.85. The topological polar surface area (TPSA) is 9.23 Å². The molecule has 0 aromatic rings. The Bertz CT molecular complexity index is 301. The fraction of sp³-hybridized carbons (Fsp3) is 1.00. The quantitative estimate of drug-likeness (QED) is 0.143. The van der Waals surface area contributed by atoms with Gasteiger partial charge < -0.3 is 4.43 Å². The van der Waals surface area contributed by atoms with Crippen molar-refractivity contribution in [3.05, 3.63) is 0 Å². The minimum Gasteiger partial charge on any atom is -0.420 e. The normalized spacial score (nSPS) is 18.4. The predicted octanol–water partition coefficient (Wildman–Crippen LogP) is 9.34. The molecule has 168 valence electrons. The Morgan fingerprint density at radius 3 is 1.39 bits per heavy atom. The number of unbranched alkanes of at least 4 members (excludes halogenated alkanes) is 15. The van der Waals surface area contributed by atoms with Crippen LogP contribution in [0.5, 0.6) is 0 Å². The lowest BCUT2D eigenvalue weighted by atomic mass is 10.0. The van der Waals surface area contributed by atoms with E-state index in [-0.39, 0.29) is 0 Å². The van der Waals surface area contributed by atoms with E-state index in [0.29, 0.717) is 0 Å². The van der Waals surface area contributed by atoms with Gasteiger partial charge in [-0.2, -0.15) is 0 Å². The van der Waals surface area contributed by atoms with Gasteiger partial charge in [0.1, 0.15) is 0 Å². The van der Waals surface area contributed by atoms with Crippen molar-refractivity contribution in [3.63, 3.8) is 0 Å². The van der Waals surface area contributed by atoms with Crippen molar-refractivity contribution < 1.29 is 4.43 Å². The molecule has 1 nitrogen and oxygen atoms in total. The molecule has 0 spiro atoms. The first-order chi connectivity index (χ1) is 13.9. The summed E-state index contributed by atoms with van der Waals surface area (Å²) in [6.45, 7) is 5.71. The first kappa shape index (κ1) is 26.2. The van der Waals surface area contributed by atoms with Crippen LogP contribution < -0.4 is 0 Å². The van der Waals surface area contributed by atoms with Gasteiger partial charge in [0.15, 0.2) is 9.04 Å². The summed E-state index contributed by atoms with van der Waals surface area (Å²) in [4.78, 5) is 0. The maximum Gasteiger partial charge on any atom is 0.179 e. The summed E-state index contributed by atoms with van der Waals surface area (Å²) in [7, 11) is -0.887. The first-order valence-corrected chi connectivity index (χ1v) is 15.5. The minimum atomic E-state index is -0.887. The zero-order valence-corrected chi connectivity index (χ0v) is 21.0. The van der Waals surface area contributed by atoms with E-state index in [9.17, 15) is 0 Å². The Morgan fingerprint density at radius 2 is 1.00 bits per heavy atom. The van der Waals surface area contributed by atoms with E-state index in [2.05, 4.69) is 13.8 Å². The molecule has 2 heteroatoms. The average molecular weight is 411 g/mol. The lowest BCUT2D eigenvalue weighted by molar-refractivity contribution is 0.274. The van der Waals surface area contributed by atoms with Crippen LogP contribution in [0.4, 0.5) is 0 Å². The van der Waals surface area contributed by atoms with Gasteiger partial charge in [0.2, 0.25) is 0 Å². The van der Waals surface area contributed by atoms with Gasteiger partial charge in [0, 0.05) is 6.61 Å². The van der Waals surface area contributed by atoms with Crippen molar-refractivity contribution in [3.8, 4) is 0 Å². The monoisotopic (exact) mass is 410 g/mol.